The van der Waals surface area contributed by atoms with E-state index >= 15 is 0 Å². The van der Waals surface area contributed by atoms with Crippen LogP contribution in [0, 0.1) is 6.92 Å². The lowest BCUT2D eigenvalue weighted by Crippen LogP contribution is -2.42. The molecule has 0 bridgehead atoms. The zero-order chi connectivity index (χ0) is 18.8. The summed E-state index contributed by atoms with van der Waals surface area (Å²) in [4.78, 5) is 28.4. The van der Waals surface area contributed by atoms with Crippen LogP contribution in [-0.2, 0) is 16.0 Å². The molecule has 0 saturated heterocycles. The summed E-state index contributed by atoms with van der Waals surface area (Å²) in [6.45, 7) is 3.86. The Kier molecular flexibility index (Phi) is 5.18. The molecule has 0 aliphatic carbocycles. The number of halogens is 1. The lowest BCUT2D eigenvalue weighted by molar-refractivity contribution is -0.121. The molecular formula is C20H21ClN2O3. The molecule has 0 radical (unpaired) electrons. The van der Waals surface area contributed by atoms with E-state index in [0.717, 1.165) is 23.2 Å². The molecule has 0 spiro atoms. The number of para-hydroxylation sites is 1. The largest absolute Gasteiger partial charge is 0.495 e. The van der Waals surface area contributed by atoms with Crippen LogP contribution >= 0.6 is 11.6 Å². The number of nitrogens with zero attached hydrogens (tertiary/aromatic N) is 2. The number of carbonyl (C=O) groups excluding carboxylic acids is 2. The second-order valence-corrected chi connectivity index (χ2v) is 6.71. The highest BCUT2D eigenvalue weighted by Crippen LogP contribution is 2.34. The van der Waals surface area contributed by atoms with Crippen LogP contribution in [0.25, 0.3) is 0 Å². The van der Waals surface area contributed by atoms with E-state index in [-0.39, 0.29) is 18.4 Å². The van der Waals surface area contributed by atoms with Gasteiger partial charge in [0.25, 0.3) is 0 Å². The van der Waals surface area contributed by atoms with Gasteiger partial charge in [0.15, 0.2) is 0 Å². The number of hydrogen-bond acceptors (Lipinski definition) is 3. The molecule has 5 nitrogen and oxygen atoms in total. The predicted octanol–water partition coefficient (Wildman–Crippen LogP) is 3.60. The molecule has 0 unspecified atom stereocenters. The predicted molar refractivity (Wildman–Crippen MR) is 103 cm³/mol. The summed E-state index contributed by atoms with van der Waals surface area (Å²) in [5.74, 6) is 0.107. The van der Waals surface area contributed by atoms with Crippen molar-refractivity contribution in [3.05, 3.63) is 52.5 Å². The average molecular weight is 373 g/mol. The fourth-order valence-electron chi connectivity index (χ4n) is 3.21. The van der Waals surface area contributed by atoms with E-state index < -0.39 is 0 Å². The quantitative estimate of drug-likeness (QED) is 0.824. The first-order valence-electron chi connectivity index (χ1n) is 8.43. The van der Waals surface area contributed by atoms with Crippen molar-refractivity contribution in [2.75, 3.05) is 30.0 Å². The van der Waals surface area contributed by atoms with Crippen molar-refractivity contribution in [3.8, 4) is 5.75 Å². The molecule has 2 aromatic rings. The van der Waals surface area contributed by atoms with Crippen LogP contribution < -0.4 is 14.5 Å². The fraction of sp³-hybridized carbons (Fsp3) is 0.300. The third-order valence-electron chi connectivity index (χ3n) is 4.61. The SMILES string of the molecule is COc1cc(Cl)c(C)cc1N(CC(=O)N1CCc2ccccc21)C(C)=O. The van der Waals surface area contributed by atoms with Gasteiger partial charge < -0.3 is 9.64 Å². The van der Waals surface area contributed by atoms with E-state index in [4.69, 9.17) is 16.3 Å². The first-order chi connectivity index (χ1) is 12.4. The van der Waals surface area contributed by atoms with E-state index in [9.17, 15) is 9.59 Å². The molecule has 1 aliphatic rings. The Bertz CT molecular complexity index is 866. The van der Waals surface area contributed by atoms with Gasteiger partial charge in [-0.2, -0.15) is 0 Å². The third-order valence-corrected chi connectivity index (χ3v) is 5.02. The molecule has 0 N–H and O–H groups in total. The maximum absolute atomic E-state index is 12.9. The van der Waals surface area contributed by atoms with Crippen LogP contribution in [0.4, 0.5) is 11.4 Å². The minimum absolute atomic E-state index is 0.0545. The molecule has 0 fully saturated rings. The van der Waals surface area contributed by atoms with Crippen molar-refractivity contribution in [1.82, 2.24) is 0 Å². The van der Waals surface area contributed by atoms with Crippen molar-refractivity contribution < 1.29 is 14.3 Å². The zero-order valence-corrected chi connectivity index (χ0v) is 15.8. The summed E-state index contributed by atoms with van der Waals surface area (Å²) >= 11 is 6.16. The highest BCUT2D eigenvalue weighted by molar-refractivity contribution is 6.31. The van der Waals surface area contributed by atoms with Crippen LogP contribution in [0.3, 0.4) is 0 Å². The van der Waals surface area contributed by atoms with E-state index in [1.165, 1.54) is 18.9 Å². The maximum Gasteiger partial charge on any atom is 0.247 e. The lowest BCUT2D eigenvalue weighted by atomic mass is 10.1. The average Bonchev–Trinajstić information content (AvgIpc) is 3.05. The number of anilines is 2. The molecular weight excluding hydrogens is 352 g/mol. The van der Waals surface area contributed by atoms with Crippen LogP contribution in [0.15, 0.2) is 36.4 Å². The van der Waals surface area contributed by atoms with Crippen LogP contribution in [-0.4, -0.2) is 32.0 Å². The number of benzene rings is 2. The molecule has 6 heteroatoms. The number of ether oxygens (including phenoxy) is 1. The fourth-order valence-corrected chi connectivity index (χ4v) is 3.36. The molecule has 0 atom stereocenters. The highest BCUT2D eigenvalue weighted by Gasteiger charge is 2.28. The van der Waals surface area contributed by atoms with Crippen molar-refractivity contribution >= 4 is 34.8 Å². The smallest absolute Gasteiger partial charge is 0.247 e. The second-order valence-electron chi connectivity index (χ2n) is 6.30. The molecule has 2 amide bonds. The van der Waals surface area contributed by atoms with E-state index in [2.05, 4.69) is 0 Å². The number of amides is 2. The molecule has 0 aromatic heterocycles. The summed E-state index contributed by atoms with van der Waals surface area (Å²) in [5.41, 5.74) is 3.42. The minimum Gasteiger partial charge on any atom is -0.495 e. The monoisotopic (exact) mass is 372 g/mol. The van der Waals surface area contributed by atoms with Gasteiger partial charge in [-0.25, -0.2) is 0 Å². The number of carbonyl (C=O) groups is 2. The van der Waals surface area contributed by atoms with Crippen molar-refractivity contribution in [1.29, 1.82) is 0 Å². The summed E-state index contributed by atoms with van der Waals surface area (Å²) in [5, 5.41) is 0.550. The molecule has 136 valence electrons. The van der Waals surface area contributed by atoms with E-state index in [1.54, 1.807) is 17.0 Å². The Labute approximate surface area is 158 Å². The van der Waals surface area contributed by atoms with Crippen molar-refractivity contribution in [2.45, 2.75) is 20.3 Å². The van der Waals surface area contributed by atoms with Gasteiger partial charge in [0.2, 0.25) is 11.8 Å². The summed E-state index contributed by atoms with van der Waals surface area (Å²) in [6, 6.07) is 11.3. The third kappa shape index (κ3) is 3.40. The number of rotatable bonds is 4. The molecule has 1 heterocycles. The molecule has 0 saturated carbocycles. The Balaban J connectivity index is 1.90. The van der Waals surface area contributed by atoms with Crippen molar-refractivity contribution in [2.24, 2.45) is 0 Å². The molecule has 3 rings (SSSR count). The van der Waals surface area contributed by atoms with Gasteiger partial charge in [-0.15, -0.1) is 0 Å². The van der Waals surface area contributed by atoms with Gasteiger partial charge in [-0.05, 0) is 36.6 Å². The molecule has 26 heavy (non-hydrogen) atoms. The van der Waals surface area contributed by atoms with Crippen LogP contribution in [0.1, 0.15) is 18.1 Å². The van der Waals surface area contributed by atoms with E-state index in [0.29, 0.717) is 23.0 Å². The van der Waals surface area contributed by atoms with E-state index in [1.807, 2.05) is 31.2 Å². The van der Waals surface area contributed by atoms with Crippen molar-refractivity contribution in [3.63, 3.8) is 0 Å². The Hall–Kier alpha value is -2.53. The van der Waals surface area contributed by atoms with Gasteiger partial charge in [-0.3, -0.25) is 14.5 Å². The van der Waals surface area contributed by atoms with Crippen LogP contribution in [0.2, 0.25) is 5.02 Å². The Morgan fingerprint density at radius 3 is 2.69 bits per heavy atom. The maximum atomic E-state index is 12.9. The van der Waals surface area contributed by atoms with Gasteiger partial charge >= 0.3 is 0 Å². The Morgan fingerprint density at radius 1 is 1.27 bits per heavy atom. The normalized spacial score (nSPS) is 12.7. The first-order valence-corrected chi connectivity index (χ1v) is 8.80. The lowest BCUT2D eigenvalue weighted by Gasteiger charge is -2.26. The number of aryl methyl sites for hydroxylation is 1. The summed E-state index contributed by atoms with van der Waals surface area (Å²) in [6.07, 6.45) is 0.825. The van der Waals surface area contributed by atoms with Gasteiger partial charge in [0.1, 0.15) is 12.3 Å². The zero-order valence-electron chi connectivity index (χ0n) is 15.1. The molecule has 2 aromatic carbocycles. The summed E-state index contributed by atoms with van der Waals surface area (Å²) in [7, 11) is 1.52. The highest BCUT2D eigenvalue weighted by atomic mass is 35.5. The van der Waals surface area contributed by atoms with Crippen LogP contribution in [0.5, 0.6) is 5.75 Å². The second kappa shape index (κ2) is 7.38. The van der Waals surface area contributed by atoms with Gasteiger partial charge in [0, 0.05) is 30.2 Å². The number of hydrogen-bond donors (Lipinski definition) is 0. The Morgan fingerprint density at radius 2 is 2.00 bits per heavy atom. The standard InChI is InChI=1S/C20H21ClN2O3/c1-13-10-18(19(26-3)11-16(13)21)23(14(2)24)12-20(25)22-9-8-15-6-4-5-7-17(15)22/h4-7,10-11H,8-9,12H2,1-3H3. The first kappa shape index (κ1) is 18.3. The number of fused-ring (bicyclic) bond motifs is 1. The number of methoxy groups -OCH3 is 1. The molecule has 1 aliphatic heterocycles. The van der Waals surface area contributed by atoms with Gasteiger partial charge in [0.05, 0.1) is 12.8 Å². The topological polar surface area (TPSA) is 49.9 Å². The minimum atomic E-state index is -0.231. The van der Waals surface area contributed by atoms with Gasteiger partial charge in [-0.1, -0.05) is 29.8 Å². The summed E-state index contributed by atoms with van der Waals surface area (Å²) < 4.78 is 5.37.